The van der Waals surface area contributed by atoms with Crippen molar-refractivity contribution in [3.05, 3.63) is 126 Å². The molecule has 5 aromatic rings. The molecule has 54 heavy (non-hydrogen) atoms. The molecule has 0 aliphatic heterocycles. The Labute approximate surface area is 322 Å². The number of aryl methyl sites for hydroxylation is 2. The van der Waals surface area contributed by atoms with E-state index in [9.17, 15) is 24.3 Å². The molecule has 2 heterocycles. The second kappa shape index (κ2) is 16.1. The Hall–Kier alpha value is -5.79. The third-order valence-corrected chi connectivity index (χ3v) is 9.39. The van der Waals surface area contributed by atoms with E-state index >= 15 is 0 Å². The molecule has 2 aromatic heterocycles. The monoisotopic (exact) mass is 773 g/mol. The highest BCUT2D eigenvalue weighted by atomic mass is 35.5. The molecule has 0 aliphatic carbocycles. The Morgan fingerprint density at radius 2 is 1.69 bits per heavy atom. The topological polar surface area (TPSA) is 183 Å². The van der Waals surface area contributed by atoms with Crippen LogP contribution in [-0.2, 0) is 29.8 Å². The minimum Gasteiger partial charge on any atom is -0.506 e. The highest BCUT2D eigenvalue weighted by Crippen LogP contribution is 2.31. The summed E-state index contributed by atoms with van der Waals surface area (Å²) in [7, 11) is 1.47. The summed E-state index contributed by atoms with van der Waals surface area (Å²) in [5, 5.41) is 23.1. The van der Waals surface area contributed by atoms with Gasteiger partial charge in [-0.3, -0.25) is 24.3 Å². The van der Waals surface area contributed by atoms with Crippen LogP contribution in [0.4, 0.5) is 10.6 Å². The molecule has 13 nitrogen and oxygen atoms in total. The number of pyridine rings is 1. The smallest absolute Gasteiger partial charge is 0.320 e. The zero-order chi connectivity index (χ0) is 39.5. The zero-order valence-corrected chi connectivity index (χ0v) is 32.1. The zero-order valence-electron chi connectivity index (χ0n) is 30.6. The molecule has 0 spiro atoms. The summed E-state index contributed by atoms with van der Waals surface area (Å²) >= 11 is 12.6. The fourth-order valence-electron chi connectivity index (χ4n) is 5.82. The predicted molar refractivity (Wildman–Crippen MR) is 208 cm³/mol. The molecule has 0 saturated heterocycles. The van der Waals surface area contributed by atoms with E-state index in [1.54, 1.807) is 44.2 Å². The number of phenols is 1. The number of nitrogens with two attached hydrogens (primary N) is 1. The highest BCUT2D eigenvalue weighted by molar-refractivity contribution is 6.32. The number of rotatable bonds is 11. The number of nitrogens with zero attached hydrogens (tertiary/aromatic N) is 3. The molecular weight excluding hydrogens is 733 g/mol. The maximum absolute atomic E-state index is 13.8. The number of amides is 4. The van der Waals surface area contributed by atoms with Gasteiger partial charge in [0.1, 0.15) is 28.9 Å². The highest BCUT2D eigenvalue weighted by Gasteiger charge is 2.24. The van der Waals surface area contributed by atoms with Crippen LogP contribution in [0.3, 0.4) is 0 Å². The standard InChI is InChI=1S/C39H41Cl2N7O6/c1-21-11-13-26(36(42)51)27(17-33(50)43-6)35(21)47-22(2)15-30(34(41)37(47)52)54-20-24-10-8-7-9-23(24)19-44-38(53)45-32-18-31(39(3,4)5)46-48(32)25-12-14-28(40)29(49)16-25/h7-16,18,49H,17,19-20H2,1-6H3,(H2,42,51)(H,43,50)(H2,44,45,53). The van der Waals surface area contributed by atoms with Crippen molar-refractivity contribution in [3.8, 4) is 22.9 Å². The van der Waals surface area contributed by atoms with Crippen molar-refractivity contribution in [2.75, 3.05) is 12.4 Å². The van der Waals surface area contributed by atoms with E-state index in [-0.39, 0.29) is 58.0 Å². The number of carbonyl (C=O) groups is 3. The van der Waals surface area contributed by atoms with Gasteiger partial charge < -0.3 is 26.2 Å². The molecule has 6 N–H and O–H groups in total. The summed E-state index contributed by atoms with van der Waals surface area (Å²) in [5.74, 6) is -0.715. The van der Waals surface area contributed by atoms with Crippen molar-refractivity contribution in [1.82, 2.24) is 25.0 Å². The average molecular weight is 775 g/mol. The molecule has 0 radical (unpaired) electrons. The van der Waals surface area contributed by atoms with E-state index in [0.29, 0.717) is 34.0 Å². The van der Waals surface area contributed by atoms with Crippen LogP contribution in [0.5, 0.6) is 11.5 Å². The van der Waals surface area contributed by atoms with Crippen LogP contribution in [0, 0.1) is 13.8 Å². The second-order valence-electron chi connectivity index (χ2n) is 13.7. The number of benzene rings is 3. The fourth-order valence-corrected chi connectivity index (χ4v) is 6.13. The number of nitrogens with one attached hydrogen (secondary N) is 3. The first-order valence-electron chi connectivity index (χ1n) is 16.9. The van der Waals surface area contributed by atoms with Crippen molar-refractivity contribution in [3.63, 3.8) is 0 Å². The van der Waals surface area contributed by atoms with Gasteiger partial charge in [0.05, 0.1) is 28.5 Å². The van der Waals surface area contributed by atoms with Crippen LogP contribution in [0.15, 0.2) is 71.5 Å². The van der Waals surface area contributed by atoms with E-state index in [1.165, 1.54) is 28.4 Å². The molecule has 15 heteroatoms. The van der Waals surface area contributed by atoms with Crippen LogP contribution in [0.2, 0.25) is 10.0 Å². The Kier molecular flexibility index (Phi) is 11.7. The molecule has 0 bridgehead atoms. The number of ether oxygens (including phenoxy) is 1. The van der Waals surface area contributed by atoms with Crippen LogP contribution >= 0.6 is 23.2 Å². The number of likely N-dealkylation sites (N-methyl/N-ethyl adjacent to an activating group) is 1. The number of hydrogen-bond donors (Lipinski definition) is 5. The van der Waals surface area contributed by atoms with Gasteiger partial charge in [-0.2, -0.15) is 5.10 Å². The largest absolute Gasteiger partial charge is 0.506 e. The summed E-state index contributed by atoms with van der Waals surface area (Å²) in [6, 6.07) is 18.1. The molecular formula is C39H41Cl2N7O6. The third-order valence-electron chi connectivity index (χ3n) is 8.72. The Morgan fingerprint density at radius 3 is 2.33 bits per heavy atom. The van der Waals surface area contributed by atoms with Crippen molar-refractivity contribution >= 4 is 46.9 Å². The van der Waals surface area contributed by atoms with E-state index in [2.05, 4.69) is 21.0 Å². The van der Waals surface area contributed by atoms with Gasteiger partial charge in [0.15, 0.2) is 0 Å². The molecule has 0 fully saturated rings. The second-order valence-corrected chi connectivity index (χ2v) is 14.4. The number of aromatic hydroxyl groups is 1. The van der Waals surface area contributed by atoms with E-state index in [1.807, 2.05) is 45.0 Å². The van der Waals surface area contributed by atoms with Crippen LogP contribution in [-0.4, -0.2) is 44.3 Å². The average Bonchev–Trinajstić information content (AvgIpc) is 3.55. The van der Waals surface area contributed by atoms with Crippen LogP contribution < -0.4 is 32.0 Å². The number of phenolic OH excluding ortho intramolecular Hbond substituents is 1. The van der Waals surface area contributed by atoms with Crippen LogP contribution in [0.1, 0.15) is 64.8 Å². The lowest BCUT2D eigenvalue weighted by molar-refractivity contribution is -0.119. The number of primary amides is 1. The molecule has 0 unspecified atom stereocenters. The number of hydrogen-bond acceptors (Lipinski definition) is 7. The number of aromatic nitrogens is 3. The first kappa shape index (κ1) is 39.4. The maximum atomic E-state index is 13.8. The van der Waals surface area contributed by atoms with Gasteiger partial charge in [0.2, 0.25) is 11.8 Å². The first-order chi connectivity index (χ1) is 25.5. The lowest BCUT2D eigenvalue weighted by atomic mass is 9.92. The third kappa shape index (κ3) is 8.53. The van der Waals surface area contributed by atoms with Crippen molar-refractivity contribution in [2.24, 2.45) is 5.73 Å². The molecule has 3 aromatic carbocycles. The quantitative estimate of drug-likeness (QED) is 0.105. The predicted octanol–water partition coefficient (Wildman–Crippen LogP) is 6.24. The van der Waals surface area contributed by atoms with Crippen molar-refractivity contribution in [1.29, 1.82) is 0 Å². The van der Waals surface area contributed by atoms with Gasteiger partial charge in [0.25, 0.3) is 5.56 Å². The molecule has 0 saturated carbocycles. The number of anilines is 1. The molecule has 0 atom stereocenters. The lowest BCUT2D eigenvalue weighted by Gasteiger charge is -2.21. The summed E-state index contributed by atoms with van der Waals surface area (Å²) in [6.45, 7) is 9.58. The van der Waals surface area contributed by atoms with Gasteiger partial charge >= 0.3 is 6.03 Å². The minimum atomic E-state index is -0.738. The van der Waals surface area contributed by atoms with Crippen LogP contribution in [0.25, 0.3) is 11.4 Å². The number of halogens is 2. The minimum absolute atomic E-state index is 0.0158. The molecule has 4 amide bonds. The van der Waals surface area contributed by atoms with E-state index in [4.69, 9.17) is 33.7 Å². The van der Waals surface area contributed by atoms with E-state index in [0.717, 1.165) is 16.8 Å². The van der Waals surface area contributed by atoms with Gasteiger partial charge in [-0.25, -0.2) is 9.48 Å². The van der Waals surface area contributed by atoms with Gasteiger partial charge in [-0.15, -0.1) is 0 Å². The van der Waals surface area contributed by atoms with Crippen molar-refractivity contribution < 1.29 is 24.2 Å². The molecule has 5 rings (SSSR count). The summed E-state index contributed by atoms with van der Waals surface area (Å²) in [5.41, 5.74) is 9.22. The normalized spacial score (nSPS) is 11.3. The van der Waals surface area contributed by atoms with Gasteiger partial charge in [-0.1, -0.05) is 74.3 Å². The summed E-state index contributed by atoms with van der Waals surface area (Å²) in [4.78, 5) is 51.8. The summed E-state index contributed by atoms with van der Waals surface area (Å²) < 4.78 is 8.96. The first-order valence-corrected chi connectivity index (χ1v) is 17.6. The van der Waals surface area contributed by atoms with Gasteiger partial charge in [-0.05, 0) is 54.3 Å². The Bertz CT molecular complexity index is 2330. The molecule has 282 valence electrons. The van der Waals surface area contributed by atoms with Crippen molar-refractivity contribution in [2.45, 2.75) is 59.6 Å². The maximum Gasteiger partial charge on any atom is 0.320 e. The number of urea groups is 1. The molecule has 0 aliphatic rings. The lowest BCUT2D eigenvalue weighted by Crippen LogP contribution is -2.29. The van der Waals surface area contributed by atoms with E-state index < -0.39 is 17.5 Å². The van der Waals surface area contributed by atoms with Gasteiger partial charge in [0, 0.05) is 48.5 Å². The Balaban J connectivity index is 1.36. The Morgan fingerprint density at radius 1 is 0.981 bits per heavy atom. The fraction of sp³-hybridized carbons (Fsp3) is 0.256. The SMILES string of the molecule is CNC(=O)Cc1c(C(N)=O)ccc(C)c1-n1c(C)cc(OCc2ccccc2CNC(=O)Nc2cc(C(C)(C)C)nn2-c2ccc(Cl)c(O)c2)c(Cl)c1=O. The number of carbonyl (C=O) groups excluding carboxylic acids is 3. The summed E-state index contributed by atoms with van der Waals surface area (Å²) in [6.07, 6.45) is -0.190.